The second-order valence-corrected chi connectivity index (χ2v) is 5.46. The van der Waals surface area contributed by atoms with E-state index in [9.17, 15) is 4.79 Å². The van der Waals surface area contributed by atoms with Gasteiger partial charge in [0.05, 0.1) is 18.8 Å². The minimum Gasteiger partial charge on any atom is -0.466 e. The molecule has 0 aliphatic carbocycles. The van der Waals surface area contributed by atoms with Gasteiger partial charge in [0.25, 0.3) is 0 Å². The van der Waals surface area contributed by atoms with Gasteiger partial charge in [-0.1, -0.05) is 37.3 Å². The van der Waals surface area contributed by atoms with Crippen LogP contribution in [0.25, 0.3) is 0 Å². The van der Waals surface area contributed by atoms with Gasteiger partial charge in [-0.15, -0.1) is 0 Å². The van der Waals surface area contributed by atoms with Crippen LogP contribution in [0, 0.1) is 5.92 Å². The van der Waals surface area contributed by atoms with E-state index < -0.39 is 0 Å². The average Bonchev–Trinajstić information content (AvgIpc) is 2.80. The normalized spacial score (nSPS) is 28.2. The topological polar surface area (TPSA) is 38.8 Å². The molecule has 3 atom stereocenters. The molecule has 106 valence electrons. The molecular weight excluding hydrogens is 254 g/mol. The third-order valence-corrected chi connectivity index (χ3v) is 4.00. The van der Waals surface area contributed by atoms with Gasteiger partial charge in [0, 0.05) is 12.7 Å². The van der Waals surface area contributed by atoms with Crippen molar-refractivity contribution in [3.05, 3.63) is 47.7 Å². The van der Waals surface area contributed by atoms with Crippen LogP contribution in [0.3, 0.4) is 0 Å². The summed E-state index contributed by atoms with van der Waals surface area (Å²) >= 11 is 0. The van der Waals surface area contributed by atoms with Crippen molar-refractivity contribution in [2.45, 2.75) is 32.2 Å². The van der Waals surface area contributed by atoms with Gasteiger partial charge in [0.15, 0.2) is 0 Å². The van der Waals surface area contributed by atoms with Crippen molar-refractivity contribution >= 4 is 5.97 Å². The Labute approximate surface area is 119 Å². The first-order valence-corrected chi connectivity index (χ1v) is 6.94. The third kappa shape index (κ3) is 2.31. The Morgan fingerprint density at radius 3 is 2.85 bits per heavy atom. The first-order chi connectivity index (χ1) is 9.69. The molecule has 1 fully saturated rings. The molecule has 0 aromatic heterocycles. The Kier molecular flexibility index (Phi) is 3.49. The summed E-state index contributed by atoms with van der Waals surface area (Å²) in [5.74, 6) is 0.0476. The van der Waals surface area contributed by atoms with Crippen molar-refractivity contribution in [2.75, 3.05) is 7.11 Å². The summed E-state index contributed by atoms with van der Waals surface area (Å²) in [6, 6.07) is 10.2. The maximum Gasteiger partial charge on any atom is 0.337 e. The number of fused-ring (bicyclic) bond motifs is 2. The molecule has 2 aliphatic heterocycles. The fourth-order valence-corrected chi connectivity index (χ4v) is 2.96. The van der Waals surface area contributed by atoms with E-state index in [-0.39, 0.29) is 18.3 Å². The van der Waals surface area contributed by atoms with E-state index in [1.807, 2.05) is 24.4 Å². The molecule has 3 rings (SSSR count). The quantitative estimate of drug-likeness (QED) is 0.792. The number of esters is 1. The van der Waals surface area contributed by atoms with Crippen LogP contribution in [-0.4, -0.2) is 30.3 Å². The number of carbonyl (C=O) groups excluding carboxylic acids is 1. The number of methoxy groups -OCH3 is 1. The van der Waals surface area contributed by atoms with E-state index in [2.05, 4.69) is 24.0 Å². The van der Waals surface area contributed by atoms with Crippen molar-refractivity contribution in [3.63, 3.8) is 0 Å². The minimum atomic E-state index is -0.291. The highest BCUT2D eigenvalue weighted by Crippen LogP contribution is 2.38. The van der Waals surface area contributed by atoms with Gasteiger partial charge in [-0.25, -0.2) is 4.79 Å². The molecule has 0 saturated carbocycles. The number of benzene rings is 1. The van der Waals surface area contributed by atoms with E-state index in [1.165, 1.54) is 12.7 Å². The highest BCUT2D eigenvalue weighted by Gasteiger charge is 2.43. The number of ether oxygens (including phenoxy) is 2. The molecule has 2 bridgehead atoms. The largest absolute Gasteiger partial charge is 0.466 e. The molecule has 4 heteroatoms. The molecule has 0 radical (unpaired) electrons. The zero-order valence-corrected chi connectivity index (χ0v) is 11.8. The predicted molar refractivity (Wildman–Crippen MR) is 74.5 cm³/mol. The Morgan fingerprint density at radius 1 is 1.40 bits per heavy atom. The second kappa shape index (κ2) is 5.29. The Morgan fingerprint density at radius 2 is 2.15 bits per heavy atom. The number of hydrogen-bond acceptors (Lipinski definition) is 4. The van der Waals surface area contributed by atoms with Crippen LogP contribution >= 0.6 is 0 Å². The van der Waals surface area contributed by atoms with Crippen LogP contribution in [0.15, 0.2) is 42.1 Å². The fraction of sp³-hybridized carbons (Fsp3) is 0.438. The van der Waals surface area contributed by atoms with Gasteiger partial charge in [-0.2, -0.15) is 0 Å². The average molecular weight is 273 g/mol. The number of carbonyl (C=O) groups is 1. The van der Waals surface area contributed by atoms with Crippen molar-refractivity contribution in [1.29, 1.82) is 0 Å². The SMILES string of the molecule is COC(=O)C1=CN(Cc2ccccc2)[C@@H]2C[C@H](C)[C@H]1O2. The molecule has 20 heavy (non-hydrogen) atoms. The van der Waals surface area contributed by atoms with Gasteiger partial charge >= 0.3 is 5.97 Å². The molecule has 0 unspecified atom stereocenters. The maximum absolute atomic E-state index is 11.9. The number of nitrogens with zero attached hydrogens (tertiary/aromatic N) is 1. The van der Waals surface area contributed by atoms with Crippen molar-refractivity contribution in [1.82, 2.24) is 4.90 Å². The zero-order valence-electron chi connectivity index (χ0n) is 11.8. The summed E-state index contributed by atoms with van der Waals surface area (Å²) in [5.41, 5.74) is 1.83. The Bertz CT molecular complexity index is 526. The molecule has 4 nitrogen and oxygen atoms in total. The molecule has 0 spiro atoms. The van der Waals surface area contributed by atoms with Gasteiger partial charge < -0.3 is 14.4 Å². The standard InChI is InChI=1S/C16H19NO3/c1-11-8-14-17(9-12-6-4-3-5-7-12)10-13(15(11)20-14)16(18)19-2/h3-7,10-11,14-15H,8-9H2,1-2H3/t11-,14-,15+/m0/s1. The Hall–Kier alpha value is -1.81. The van der Waals surface area contributed by atoms with Gasteiger partial charge in [0.2, 0.25) is 0 Å². The van der Waals surface area contributed by atoms with Crippen LogP contribution in [0.4, 0.5) is 0 Å². The molecule has 2 aliphatic rings. The second-order valence-electron chi connectivity index (χ2n) is 5.46. The summed E-state index contributed by atoms with van der Waals surface area (Å²) in [4.78, 5) is 14.0. The minimum absolute atomic E-state index is 0.0589. The summed E-state index contributed by atoms with van der Waals surface area (Å²) < 4.78 is 10.9. The lowest BCUT2D eigenvalue weighted by atomic mass is 9.98. The molecule has 1 aromatic rings. The zero-order chi connectivity index (χ0) is 14.1. The lowest BCUT2D eigenvalue weighted by molar-refractivity contribution is -0.139. The van der Waals surface area contributed by atoms with E-state index in [0.717, 1.165) is 13.0 Å². The van der Waals surface area contributed by atoms with Crippen LogP contribution in [0.2, 0.25) is 0 Å². The lowest BCUT2D eigenvalue weighted by Gasteiger charge is -2.32. The van der Waals surface area contributed by atoms with Crippen LogP contribution in [0.5, 0.6) is 0 Å². The van der Waals surface area contributed by atoms with Crippen molar-refractivity contribution < 1.29 is 14.3 Å². The van der Waals surface area contributed by atoms with Gasteiger partial charge in [-0.05, 0) is 17.9 Å². The van der Waals surface area contributed by atoms with Gasteiger partial charge in [-0.3, -0.25) is 0 Å². The summed E-state index contributed by atoms with van der Waals surface area (Å²) in [6.45, 7) is 2.86. The smallest absolute Gasteiger partial charge is 0.337 e. The monoisotopic (exact) mass is 273 g/mol. The first-order valence-electron chi connectivity index (χ1n) is 6.94. The number of hydrogen-bond donors (Lipinski definition) is 0. The predicted octanol–water partition coefficient (Wildman–Crippen LogP) is 2.31. The Balaban J connectivity index is 1.85. The van der Waals surface area contributed by atoms with E-state index in [1.54, 1.807) is 0 Å². The molecule has 2 heterocycles. The van der Waals surface area contributed by atoms with Crippen molar-refractivity contribution in [2.24, 2.45) is 5.92 Å². The van der Waals surface area contributed by atoms with E-state index >= 15 is 0 Å². The molecule has 1 aromatic carbocycles. The maximum atomic E-state index is 11.9. The van der Waals surface area contributed by atoms with Crippen LogP contribution in [-0.2, 0) is 20.8 Å². The molecule has 0 amide bonds. The van der Waals surface area contributed by atoms with E-state index in [0.29, 0.717) is 11.5 Å². The molecule has 0 N–H and O–H groups in total. The lowest BCUT2D eigenvalue weighted by Crippen LogP contribution is -2.37. The highest BCUT2D eigenvalue weighted by molar-refractivity contribution is 5.89. The molecular formula is C16H19NO3. The van der Waals surface area contributed by atoms with Crippen molar-refractivity contribution in [3.8, 4) is 0 Å². The molecule has 1 saturated heterocycles. The van der Waals surface area contributed by atoms with Crippen LogP contribution in [0.1, 0.15) is 18.9 Å². The third-order valence-electron chi connectivity index (χ3n) is 4.00. The van der Waals surface area contributed by atoms with Crippen LogP contribution < -0.4 is 0 Å². The first kappa shape index (κ1) is 13.2. The van der Waals surface area contributed by atoms with Gasteiger partial charge in [0.1, 0.15) is 6.23 Å². The highest BCUT2D eigenvalue weighted by atomic mass is 16.5. The van der Waals surface area contributed by atoms with E-state index in [4.69, 9.17) is 9.47 Å². The fourth-order valence-electron chi connectivity index (χ4n) is 2.96. The number of rotatable bonds is 3. The summed E-state index contributed by atoms with van der Waals surface area (Å²) in [6.07, 6.45) is 2.79. The summed E-state index contributed by atoms with van der Waals surface area (Å²) in [5, 5.41) is 0. The summed E-state index contributed by atoms with van der Waals surface area (Å²) in [7, 11) is 1.41.